The van der Waals surface area contributed by atoms with Crippen molar-refractivity contribution in [1.29, 1.82) is 0 Å². The van der Waals surface area contributed by atoms with Gasteiger partial charge in [-0.15, -0.1) is 0 Å². The summed E-state index contributed by atoms with van der Waals surface area (Å²) in [5.41, 5.74) is 9.10. The Balaban J connectivity index is 3.35. The Bertz CT molecular complexity index is 695. The van der Waals surface area contributed by atoms with E-state index in [0.717, 1.165) is 34.6 Å². The lowest BCUT2D eigenvalue weighted by atomic mass is 10.1. The molecule has 0 radical (unpaired) electrons. The molecule has 0 spiro atoms. The molecule has 0 aliphatic heterocycles. The Morgan fingerprint density at radius 1 is 1.52 bits per heavy atom. The fraction of sp³-hybridized carbons (Fsp3) is 0.389. The molecule has 25 heavy (non-hydrogen) atoms. The molecule has 7 nitrogen and oxygen atoms in total. The number of carbonyl (C=O) groups excluding carboxylic acids is 1. The van der Waals surface area contributed by atoms with Gasteiger partial charge in [0.1, 0.15) is 17.9 Å². The number of rotatable bonds is 8. The molecular formula is C18H27N5O2. The fourth-order valence-corrected chi connectivity index (χ4v) is 2.55. The summed E-state index contributed by atoms with van der Waals surface area (Å²) in [5.74, 6) is 1.48. The van der Waals surface area contributed by atoms with Gasteiger partial charge in [0.25, 0.3) is 0 Å². The number of methoxy groups -OCH3 is 1. The van der Waals surface area contributed by atoms with Crippen LogP contribution in [-0.2, 0) is 11.3 Å². The fourth-order valence-electron chi connectivity index (χ4n) is 2.55. The zero-order valence-electron chi connectivity index (χ0n) is 15.6. The number of aromatic nitrogens is 1. The van der Waals surface area contributed by atoms with Crippen molar-refractivity contribution in [2.45, 2.75) is 27.3 Å². The predicted octanol–water partition coefficient (Wildman–Crippen LogP) is 1.66. The number of pyridine rings is 1. The average Bonchev–Trinajstić information content (AvgIpc) is 2.57. The van der Waals surface area contributed by atoms with Crippen LogP contribution in [0.3, 0.4) is 0 Å². The Kier molecular flexibility index (Phi) is 7.65. The molecule has 136 valence electrons. The van der Waals surface area contributed by atoms with Crippen molar-refractivity contribution in [3.63, 3.8) is 0 Å². The first-order valence-electron chi connectivity index (χ1n) is 7.94. The van der Waals surface area contributed by atoms with Crippen LogP contribution in [-0.4, -0.2) is 42.7 Å². The van der Waals surface area contributed by atoms with Crippen molar-refractivity contribution in [1.82, 2.24) is 15.2 Å². The first-order valence-corrected chi connectivity index (χ1v) is 7.94. The molecule has 0 aromatic carbocycles. The number of aliphatic imine (C=N–C) groups is 1. The van der Waals surface area contributed by atoms with Crippen molar-refractivity contribution in [2.24, 2.45) is 10.7 Å². The smallest absolute Gasteiger partial charge is 0.154 e. The monoisotopic (exact) mass is 345 g/mol. The van der Waals surface area contributed by atoms with Crippen molar-refractivity contribution >= 4 is 12.1 Å². The maximum atomic E-state index is 11.2. The molecule has 0 amide bonds. The van der Waals surface area contributed by atoms with E-state index in [4.69, 9.17) is 10.5 Å². The van der Waals surface area contributed by atoms with E-state index in [1.807, 2.05) is 26.8 Å². The second-order valence-electron chi connectivity index (χ2n) is 5.47. The number of nitrogens with zero attached hydrogens (tertiary/aromatic N) is 3. The highest BCUT2D eigenvalue weighted by Gasteiger charge is 2.19. The molecule has 0 fully saturated rings. The van der Waals surface area contributed by atoms with E-state index in [-0.39, 0.29) is 12.4 Å². The molecule has 0 atom stereocenters. The van der Waals surface area contributed by atoms with Gasteiger partial charge in [-0.25, -0.2) is 4.99 Å². The Morgan fingerprint density at radius 2 is 2.20 bits per heavy atom. The molecular weight excluding hydrogens is 318 g/mol. The lowest BCUT2D eigenvalue weighted by molar-refractivity contribution is -0.108. The molecule has 0 saturated heterocycles. The SMILES string of the molecule is C=C(N)/N=C(\C(=C/C)NC)N(CC=O)Cc1ncc(C)c(OC)c1C. The molecule has 0 unspecified atom stereocenters. The lowest BCUT2D eigenvalue weighted by Gasteiger charge is -2.26. The Hall–Kier alpha value is -2.83. The second-order valence-corrected chi connectivity index (χ2v) is 5.47. The minimum atomic E-state index is 0.141. The third kappa shape index (κ3) is 5.07. The lowest BCUT2D eigenvalue weighted by Crippen LogP contribution is -2.37. The predicted molar refractivity (Wildman–Crippen MR) is 100 cm³/mol. The van der Waals surface area contributed by atoms with Gasteiger partial charge >= 0.3 is 0 Å². The minimum Gasteiger partial charge on any atom is -0.496 e. The first kappa shape index (κ1) is 20.2. The first-order chi connectivity index (χ1) is 11.9. The van der Waals surface area contributed by atoms with Gasteiger partial charge in [0.15, 0.2) is 5.84 Å². The molecule has 1 aromatic heterocycles. The van der Waals surface area contributed by atoms with Gasteiger partial charge in [-0.1, -0.05) is 12.7 Å². The summed E-state index contributed by atoms with van der Waals surface area (Å²) < 4.78 is 5.46. The number of nitrogens with two attached hydrogens (primary N) is 1. The largest absolute Gasteiger partial charge is 0.496 e. The third-order valence-electron chi connectivity index (χ3n) is 3.73. The topological polar surface area (TPSA) is 92.8 Å². The van der Waals surface area contributed by atoms with E-state index < -0.39 is 0 Å². The number of allylic oxidation sites excluding steroid dienone is 1. The van der Waals surface area contributed by atoms with Gasteiger partial charge in [0, 0.05) is 24.4 Å². The Labute approximate surface area is 149 Å². The molecule has 0 aliphatic rings. The summed E-state index contributed by atoms with van der Waals surface area (Å²) in [6.07, 6.45) is 4.43. The zero-order valence-corrected chi connectivity index (χ0v) is 15.6. The molecule has 3 N–H and O–H groups in total. The van der Waals surface area contributed by atoms with Crippen molar-refractivity contribution in [3.05, 3.63) is 47.2 Å². The highest BCUT2D eigenvalue weighted by atomic mass is 16.5. The van der Waals surface area contributed by atoms with Crippen LogP contribution in [0.2, 0.25) is 0 Å². The molecule has 0 bridgehead atoms. The Morgan fingerprint density at radius 3 is 2.68 bits per heavy atom. The van der Waals surface area contributed by atoms with Crippen LogP contribution in [0.1, 0.15) is 23.7 Å². The van der Waals surface area contributed by atoms with E-state index >= 15 is 0 Å². The van der Waals surface area contributed by atoms with E-state index in [2.05, 4.69) is 21.9 Å². The quantitative estimate of drug-likeness (QED) is 0.423. The molecule has 0 aliphatic carbocycles. The number of nitrogens with one attached hydrogen (secondary N) is 1. The van der Waals surface area contributed by atoms with Crippen molar-refractivity contribution in [2.75, 3.05) is 20.7 Å². The van der Waals surface area contributed by atoms with E-state index in [9.17, 15) is 4.79 Å². The maximum Gasteiger partial charge on any atom is 0.154 e. The van der Waals surface area contributed by atoms with Gasteiger partial charge in [-0.3, -0.25) is 4.98 Å². The summed E-state index contributed by atoms with van der Waals surface area (Å²) in [4.78, 5) is 21.8. The zero-order chi connectivity index (χ0) is 19.0. The standard InChI is InChI=1S/C18H27N5O2/c1-7-15(20-5)18(22-14(4)19)23(8-9-24)11-16-13(3)17(25-6)12(2)10-21-16/h7,9-10,20H,4,8,11,19H2,1-3,5-6H3/b15-7+,22-18+. The molecule has 7 heteroatoms. The minimum absolute atomic E-state index is 0.141. The van der Waals surface area contributed by atoms with Crippen LogP contribution in [0.15, 0.2) is 35.4 Å². The normalized spacial score (nSPS) is 11.9. The third-order valence-corrected chi connectivity index (χ3v) is 3.73. The van der Waals surface area contributed by atoms with E-state index in [1.165, 1.54) is 0 Å². The van der Waals surface area contributed by atoms with Gasteiger partial charge in [0.2, 0.25) is 0 Å². The van der Waals surface area contributed by atoms with Crippen molar-refractivity contribution in [3.8, 4) is 5.75 Å². The number of amidine groups is 1. The van der Waals surface area contributed by atoms with Crippen LogP contribution < -0.4 is 15.8 Å². The highest BCUT2D eigenvalue weighted by Crippen LogP contribution is 2.25. The average molecular weight is 345 g/mol. The number of carbonyl (C=O) groups is 1. The molecule has 0 saturated carbocycles. The number of likely N-dealkylation sites (N-methyl/N-ethyl adjacent to an activating group) is 1. The maximum absolute atomic E-state index is 11.2. The number of aryl methyl sites for hydroxylation is 1. The summed E-state index contributed by atoms with van der Waals surface area (Å²) in [5, 5.41) is 3.06. The number of ether oxygens (including phenoxy) is 1. The highest BCUT2D eigenvalue weighted by molar-refractivity contribution is 5.99. The summed E-state index contributed by atoms with van der Waals surface area (Å²) in [6.45, 7) is 9.92. The summed E-state index contributed by atoms with van der Waals surface area (Å²) in [6, 6.07) is 0. The van der Waals surface area contributed by atoms with E-state index in [0.29, 0.717) is 12.4 Å². The summed E-state index contributed by atoms with van der Waals surface area (Å²) >= 11 is 0. The number of aldehydes is 1. The van der Waals surface area contributed by atoms with E-state index in [1.54, 1.807) is 25.3 Å². The number of hydrogen-bond acceptors (Lipinski definition) is 6. The summed E-state index contributed by atoms with van der Waals surface area (Å²) in [7, 11) is 3.41. The van der Waals surface area contributed by atoms with Crippen LogP contribution in [0, 0.1) is 13.8 Å². The molecule has 1 aromatic rings. The molecule has 1 rings (SSSR count). The molecule has 1 heterocycles. The van der Waals surface area contributed by atoms with Crippen LogP contribution in [0.25, 0.3) is 0 Å². The van der Waals surface area contributed by atoms with Crippen LogP contribution in [0.5, 0.6) is 5.75 Å². The number of hydrogen-bond donors (Lipinski definition) is 2. The second kappa shape index (κ2) is 9.46. The van der Waals surface area contributed by atoms with Gasteiger partial charge in [-0.2, -0.15) is 0 Å². The van der Waals surface area contributed by atoms with Crippen LogP contribution >= 0.6 is 0 Å². The van der Waals surface area contributed by atoms with Gasteiger partial charge < -0.3 is 25.5 Å². The van der Waals surface area contributed by atoms with Gasteiger partial charge in [0.05, 0.1) is 31.6 Å². The van der Waals surface area contributed by atoms with Crippen molar-refractivity contribution < 1.29 is 9.53 Å². The van der Waals surface area contributed by atoms with Gasteiger partial charge in [-0.05, 0) is 20.8 Å². The van der Waals surface area contributed by atoms with Crippen LogP contribution in [0.4, 0.5) is 0 Å².